The average molecular weight is 949 g/mol. The lowest BCUT2D eigenvalue weighted by molar-refractivity contribution is -0.332. The molecule has 15 heteroatoms. The Morgan fingerprint density at radius 3 is 1.18 bits per heavy atom. The summed E-state index contributed by atoms with van der Waals surface area (Å²) in [6.45, 7) is 2.63. The van der Waals surface area contributed by atoms with Gasteiger partial charge in [0.25, 0.3) is 0 Å². The van der Waals surface area contributed by atoms with E-state index in [1.807, 2.05) is 0 Å². The van der Waals surface area contributed by atoms with Gasteiger partial charge in [-0.2, -0.15) is 0 Å². The fourth-order valence-corrected chi connectivity index (χ4v) is 8.69. The van der Waals surface area contributed by atoms with E-state index < -0.39 is 92.7 Å². The normalized spacial score (nSPS) is 26.1. The molecule has 15 nitrogen and oxygen atoms in total. The molecule has 0 bridgehead atoms. The molecule has 0 amide bonds. The molecule has 7 N–H and O–H groups in total. The Hall–Kier alpha value is -1.50. The molecule has 0 spiro atoms. The number of rotatable bonds is 42. The SMILES string of the molecule is CCCCCCCCCCCCCCCCCCC(=O)OC[C@@H](CO[C@@H]1O[C@H](CO[C@@H]2O[C@H](CO)[C@H](O)C(O)C2O)[C@H](O)C(O)C1O)OC(=O)CCCCCCCCCCCCCCCC. The first-order valence-electron chi connectivity index (χ1n) is 26.6. The van der Waals surface area contributed by atoms with Crippen LogP contribution >= 0.6 is 0 Å². The molecule has 11 atom stereocenters. The minimum absolute atomic E-state index is 0.173. The molecule has 2 saturated heterocycles. The number of ether oxygens (including phenoxy) is 6. The molecule has 0 aliphatic carbocycles. The van der Waals surface area contributed by atoms with Crippen molar-refractivity contribution < 1.29 is 73.8 Å². The number of carbonyl (C=O) groups is 2. The van der Waals surface area contributed by atoms with Crippen molar-refractivity contribution in [3.05, 3.63) is 0 Å². The molecular weight excluding hydrogens is 853 g/mol. The fourth-order valence-electron chi connectivity index (χ4n) is 8.69. The van der Waals surface area contributed by atoms with Gasteiger partial charge in [0.05, 0.1) is 19.8 Å². The zero-order valence-electron chi connectivity index (χ0n) is 41.2. The highest BCUT2D eigenvalue weighted by molar-refractivity contribution is 5.70. The summed E-state index contributed by atoms with van der Waals surface area (Å²) < 4.78 is 33.6. The van der Waals surface area contributed by atoms with Crippen molar-refractivity contribution >= 4 is 11.9 Å². The van der Waals surface area contributed by atoms with Crippen LogP contribution < -0.4 is 0 Å². The van der Waals surface area contributed by atoms with Crippen LogP contribution in [0.3, 0.4) is 0 Å². The fraction of sp³-hybridized carbons (Fsp3) is 0.961. The maximum Gasteiger partial charge on any atom is 0.306 e. The van der Waals surface area contributed by atoms with Gasteiger partial charge in [0.2, 0.25) is 0 Å². The third-order valence-corrected chi connectivity index (χ3v) is 13.1. The lowest BCUT2D eigenvalue weighted by Crippen LogP contribution is -2.61. The second kappa shape index (κ2) is 39.2. The molecule has 0 aromatic rings. The number of hydrogen-bond donors (Lipinski definition) is 7. The maximum absolute atomic E-state index is 13.0. The third-order valence-electron chi connectivity index (χ3n) is 13.1. The topological polar surface area (TPSA) is 231 Å². The molecule has 0 aromatic carbocycles. The lowest BCUT2D eigenvalue weighted by atomic mass is 9.98. The number of aliphatic hydroxyl groups excluding tert-OH is 7. The number of aliphatic hydroxyl groups is 7. The van der Waals surface area contributed by atoms with E-state index in [2.05, 4.69) is 13.8 Å². The van der Waals surface area contributed by atoms with Gasteiger partial charge in [0, 0.05) is 12.8 Å². The summed E-state index contributed by atoms with van der Waals surface area (Å²) in [5.41, 5.74) is 0. The quantitative estimate of drug-likeness (QED) is 0.0231. The molecule has 390 valence electrons. The minimum Gasteiger partial charge on any atom is -0.462 e. The summed E-state index contributed by atoms with van der Waals surface area (Å²) >= 11 is 0. The number of esters is 2. The summed E-state index contributed by atoms with van der Waals surface area (Å²) in [5, 5.41) is 72.1. The lowest BCUT2D eigenvalue weighted by Gasteiger charge is -2.42. The Morgan fingerprint density at radius 1 is 0.424 bits per heavy atom. The molecule has 2 heterocycles. The Labute approximate surface area is 398 Å². The van der Waals surface area contributed by atoms with Crippen LogP contribution in [0.5, 0.6) is 0 Å². The van der Waals surface area contributed by atoms with Crippen molar-refractivity contribution in [3.63, 3.8) is 0 Å². The zero-order chi connectivity index (χ0) is 48.2. The van der Waals surface area contributed by atoms with Crippen molar-refractivity contribution in [2.75, 3.05) is 26.4 Å². The van der Waals surface area contributed by atoms with Crippen LogP contribution in [0.4, 0.5) is 0 Å². The standard InChI is InChI=1S/C51H96O15/c1-3-5-7-9-11-13-15-17-19-20-22-23-25-27-29-31-33-42(53)61-36-39(64-43(54)34-32-30-28-26-24-21-18-16-14-12-10-8-6-4-2)37-62-50-49(60)47(58)45(56)41(66-50)38-63-51-48(59)46(57)44(55)40(35-52)65-51/h39-41,44-52,55-60H,3-38H2,1-2H3/t39-,40+,41+,44-,45-,46?,47?,48?,49?,50+,51+/m0/s1. The molecule has 66 heavy (non-hydrogen) atoms. The Bertz CT molecular complexity index is 1160. The highest BCUT2D eigenvalue weighted by atomic mass is 16.7. The third kappa shape index (κ3) is 27.0. The summed E-state index contributed by atoms with van der Waals surface area (Å²) in [6.07, 6.45) is 19.8. The average Bonchev–Trinajstić information content (AvgIpc) is 3.31. The highest BCUT2D eigenvalue weighted by Gasteiger charge is 2.47. The zero-order valence-corrected chi connectivity index (χ0v) is 41.2. The van der Waals surface area contributed by atoms with Crippen LogP contribution in [0.25, 0.3) is 0 Å². The molecule has 4 unspecified atom stereocenters. The smallest absolute Gasteiger partial charge is 0.306 e. The summed E-state index contributed by atoms with van der Waals surface area (Å²) in [7, 11) is 0. The van der Waals surface area contributed by atoms with Gasteiger partial charge in [0.1, 0.15) is 55.4 Å². The van der Waals surface area contributed by atoms with Gasteiger partial charge in [-0.1, -0.05) is 194 Å². The van der Waals surface area contributed by atoms with E-state index in [1.165, 1.54) is 141 Å². The second-order valence-electron chi connectivity index (χ2n) is 19.1. The van der Waals surface area contributed by atoms with E-state index in [1.54, 1.807) is 0 Å². The Morgan fingerprint density at radius 2 is 0.773 bits per heavy atom. The van der Waals surface area contributed by atoms with Crippen LogP contribution in [0, 0.1) is 0 Å². The van der Waals surface area contributed by atoms with E-state index in [9.17, 15) is 45.3 Å². The van der Waals surface area contributed by atoms with Crippen molar-refractivity contribution in [2.45, 2.75) is 287 Å². The molecule has 2 aliphatic rings. The first-order valence-corrected chi connectivity index (χ1v) is 26.6. The van der Waals surface area contributed by atoms with Crippen LogP contribution in [0.2, 0.25) is 0 Å². The van der Waals surface area contributed by atoms with Crippen LogP contribution in [-0.2, 0) is 38.0 Å². The van der Waals surface area contributed by atoms with Gasteiger partial charge in [-0.25, -0.2) is 0 Å². The van der Waals surface area contributed by atoms with Gasteiger partial charge in [0.15, 0.2) is 18.7 Å². The van der Waals surface area contributed by atoms with Gasteiger partial charge < -0.3 is 64.2 Å². The number of carbonyl (C=O) groups excluding carboxylic acids is 2. The molecule has 2 aliphatic heterocycles. The molecule has 0 aromatic heterocycles. The van der Waals surface area contributed by atoms with Gasteiger partial charge in [-0.15, -0.1) is 0 Å². The molecule has 0 saturated carbocycles. The van der Waals surface area contributed by atoms with Crippen molar-refractivity contribution in [3.8, 4) is 0 Å². The van der Waals surface area contributed by atoms with E-state index in [0.717, 1.165) is 38.5 Å². The first kappa shape index (κ1) is 60.6. The summed E-state index contributed by atoms with van der Waals surface area (Å²) in [4.78, 5) is 25.8. The van der Waals surface area contributed by atoms with Gasteiger partial charge in [-0.05, 0) is 12.8 Å². The molecular formula is C51H96O15. The van der Waals surface area contributed by atoms with E-state index in [4.69, 9.17) is 28.4 Å². The Balaban J connectivity index is 1.79. The predicted molar refractivity (Wildman–Crippen MR) is 252 cm³/mol. The first-order chi connectivity index (χ1) is 32.0. The van der Waals surface area contributed by atoms with Gasteiger partial charge >= 0.3 is 11.9 Å². The Kier molecular flexibility index (Phi) is 36.0. The molecule has 2 fully saturated rings. The summed E-state index contributed by atoms with van der Waals surface area (Å²) in [6, 6.07) is 0. The largest absolute Gasteiger partial charge is 0.462 e. The van der Waals surface area contributed by atoms with E-state index in [0.29, 0.717) is 12.8 Å². The highest BCUT2D eigenvalue weighted by Crippen LogP contribution is 2.27. The van der Waals surface area contributed by atoms with E-state index in [-0.39, 0.29) is 26.1 Å². The van der Waals surface area contributed by atoms with E-state index >= 15 is 0 Å². The monoisotopic (exact) mass is 949 g/mol. The van der Waals surface area contributed by atoms with Crippen molar-refractivity contribution in [2.24, 2.45) is 0 Å². The molecule has 2 rings (SSSR count). The summed E-state index contributed by atoms with van der Waals surface area (Å²) in [5.74, 6) is -0.908. The second-order valence-corrected chi connectivity index (χ2v) is 19.1. The van der Waals surface area contributed by atoms with Crippen LogP contribution in [0.15, 0.2) is 0 Å². The minimum atomic E-state index is -1.76. The van der Waals surface area contributed by atoms with Crippen molar-refractivity contribution in [1.82, 2.24) is 0 Å². The number of unbranched alkanes of at least 4 members (excludes halogenated alkanes) is 28. The molecule has 0 radical (unpaired) electrons. The maximum atomic E-state index is 13.0. The van der Waals surface area contributed by atoms with Gasteiger partial charge in [-0.3, -0.25) is 9.59 Å². The van der Waals surface area contributed by atoms with Crippen LogP contribution in [-0.4, -0.2) is 142 Å². The van der Waals surface area contributed by atoms with Crippen LogP contribution in [0.1, 0.15) is 219 Å². The number of hydrogen-bond acceptors (Lipinski definition) is 15. The van der Waals surface area contributed by atoms with Crippen molar-refractivity contribution in [1.29, 1.82) is 0 Å². The predicted octanol–water partition coefficient (Wildman–Crippen LogP) is 7.61.